The lowest BCUT2D eigenvalue weighted by Crippen LogP contribution is -2.56. The van der Waals surface area contributed by atoms with E-state index in [1.165, 1.54) is 0 Å². The first-order valence-corrected chi connectivity index (χ1v) is 7.35. The van der Waals surface area contributed by atoms with Crippen molar-refractivity contribution in [1.29, 1.82) is 0 Å². The van der Waals surface area contributed by atoms with E-state index in [2.05, 4.69) is 6.92 Å². The summed E-state index contributed by atoms with van der Waals surface area (Å²) in [6.45, 7) is 5.48. The van der Waals surface area contributed by atoms with Crippen LogP contribution in [0, 0.1) is 5.92 Å². The molecule has 0 amide bonds. The van der Waals surface area contributed by atoms with Gasteiger partial charge in [-0.25, -0.2) is 0 Å². The van der Waals surface area contributed by atoms with E-state index in [1.807, 2.05) is 11.8 Å². The number of hydrogen-bond acceptors (Lipinski definition) is 2. The third kappa shape index (κ3) is 4.95. The summed E-state index contributed by atoms with van der Waals surface area (Å²) in [5.41, 5.74) is 5.73. The van der Waals surface area contributed by atoms with Crippen LogP contribution in [0.5, 0.6) is 0 Å². The van der Waals surface area contributed by atoms with E-state index in [0.29, 0.717) is 19.0 Å². The van der Waals surface area contributed by atoms with Crippen molar-refractivity contribution in [3.63, 3.8) is 0 Å². The van der Waals surface area contributed by atoms with E-state index in [1.54, 1.807) is 0 Å². The van der Waals surface area contributed by atoms with Crippen LogP contribution in [0.1, 0.15) is 52.4 Å². The van der Waals surface area contributed by atoms with Crippen molar-refractivity contribution < 1.29 is 13.2 Å². The molecule has 2 N–H and O–H groups in total. The Balaban J connectivity index is 2.70. The Morgan fingerprint density at radius 3 is 2.21 bits per heavy atom. The first-order valence-electron chi connectivity index (χ1n) is 7.35. The molecular formula is C14H27F3N2. The quantitative estimate of drug-likeness (QED) is 0.806. The van der Waals surface area contributed by atoms with Crippen LogP contribution >= 0.6 is 0 Å². The van der Waals surface area contributed by atoms with Gasteiger partial charge in [0.2, 0.25) is 0 Å². The topological polar surface area (TPSA) is 29.3 Å². The van der Waals surface area contributed by atoms with E-state index in [-0.39, 0.29) is 12.1 Å². The molecule has 0 aromatic rings. The average Bonchev–Trinajstić information content (AvgIpc) is 2.35. The molecule has 0 aliphatic heterocycles. The van der Waals surface area contributed by atoms with Crippen molar-refractivity contribution in [2.45, 2.75) is 64.1 Å². The van der Waals surface area contributed by atoms with E-state index < -0.39 is 12.6 Å². The van der Waals surface area contributed by atoms with Gasteiger partial charge in [0, 0.05) is 18.6 Å². The molecule has 1 saturated carbocycles. The zero-order valence-electron chi connectivity index (χ0n) is 12.1. The summed E-state index contributed by atoms with van der Waals surface area (Å²) in [5.74, 6) is 0.672. The molecular weight excluding hydrogens is 253 g/mol. The highest BCUT2D eigenvalue weighted by Crippen LogP contribution is 2.36. The van der Waals surface area contributed by atoms with Gasteiger partial charge < -0.3 is 5.73 Å². The van der Waals surface area contributed by atoms with Gasteiger partial charge in [0.1, 0.15) is 0 Å². The smallest absolute Gasteiger partial charge is 0.329 e. The Kier molecular flexibility index (Phi) is 6.12. The molecule has 1 aliphatic rings. The summed E-state index contributed by atoms with van der Waals surface area (Å²) in [4.78, 5) is 2.01. The maximum Gasteiger partial charge on any atom is 0.390 e. The van der Waals surface area contributed by atoms with Crippen molar-refractivity contribution in [1.82, 2.24) is 4.90 Å². The first kappa shape index (κ1) is 16.8. The van der Waals surface area contributed by atoms with Gasteiger partial charge in [-0.05, 0) is 44.6 Å². The summed E-state index contributed by atoms with van der Waals surface area (Å²) in [7, 11) is 0. The predicted octanol–water partition coefficient (Wildman–Crippen LogP) is 3.56. The zero-order valence-corrected chi connectivity index (χ0v) is 12.1. The van der Waals surface area contributed by atoms with Crippen LogP contribution in [0.4, 0.5) is 13.2 Å². The summed E-state index contributed by atoms with van der Waals surface area (Å²) >= 11 is 0. The lowest BCUT2D eigenvalue weighted by atomic mass is 9.76. The average molecular weight is 280 g/mol. The Bertz CT molecular complexity index is 258. The standard InChI is InChI=1S/C14H27F3N2/c1-3-9-19(10-8-14(15,16)17)13(11-18)6-4-12(2)5-7-13/h12H,3-11,18H2,1-2H3. The molecule has 0 bridgehead atoms. The lowest BCUT2D eigenvalue weighted by molar-refractivity contribution is -0.142. The van der Waals surface area contributed by atoms with E-state index in [4.69, 9.17) is 5.73 Å². The molecule has 1 fully saturated rings. The van der Waals surface area contributed by atoms with Crippen LogP contribution in [-0.2, 0) is 0 Å². The lowest BCUT2D eigenvalue weighted by Gasteiger charge is -2.47. The van der Waals surface area contributed by atoms with Gasteiger partial charge in [-0.15, -0.1) is 0 Å². The van der Waals surface area contributed by atoms with Crippen molar-refractivity contribution >= 4 is 0 Å². The molecule has 0 saturated heterocycles. The molecule has 114 valence electrons. The van der Waals surface area contributed by atoms with Crippen molar-refractivity contribution in [3.05, 3.63) is 0 Å². The highest BCUT2D eigenvalue weighted by atomic mass is 19.4. The van der Waals surface area contributed by atoms with Crippen LogP contribution in [-0.4, -0.2) is 36.2 Å². The molecule has 0 radical (unpaired) electrons. The Morgan fingerprint density at radius 1 is 1.21 bits per heavy atom. The fourth-order valence-corrected chi connectivity index (χ4v) is 3.07. The number of nitrogens with two attached hydrogens (primary N) is 1. The molecule has 0 aromatic carbocycles. The van der Waals surface area contributed by atoms with Crippen LogP contribution in [0.25, 0.3) is 0 Å². The van der Waals surface area contributed by atoms with Gasteiger partial charge in [0.25, 0.3) is 0 Å². The van der Waals surface area contributed by atoms with Gasteiger partial charge in [0.15, 0.2) is 0 Å². The second-order valence-corrected chi connectivity index (χ2v) is 5.96. The van der Waals surface area contributed by atoms with E-state index in [0.717, 1.165) is 32.1 Å². The summed E-state index contributed by atoms with van der Waals surface area (Å²) in [6.07, 6.45) is 0.0706. The second kappa shape index (κ2) is 6.93. The molecule has 2 nitrogen and oxygen atoms in total. The molecule has 0 aromatic heterocycles. The van der Waals surface area contributed by atoms with E-state index >= 15 is 0 Å². The Hall–Kier alpha value is -0.290. The van der Waals surface area contributed by atoms with Crippen molar-refractivity contribution in [2.24, 2.45) is 11.7 Å². The van der Waals surface area contributed by atoms with Gasteiger partial charge in [0.05, 0.1) is 6.42 Å². The molecule has 1 rings (SSSR count). The van der Waals surface area contributed by atoms with Crippen LogP contribution in [0.2, 0.25) is 0 Å². The normalized spacial score (nSPS) is 28.9. The van der Waals surface area contributed by atoms with Gasteiger partial charge >= 0.3 is 6.18 Å². The minimum atomic E-state index is -4.08. The first-order chi connectivity index (χ1) is 8.83. The molecule has 1 aliphatic carbocycles. The summed E-state index contributed by atoms with van der Waals surface area (Å²) in [6, 6.07) is 0. The van der Waals surface area contributed by atoms with Crippen molar-refractivity contribution in [2.75, 3.05) is 19.6 Å². The monoisotopic (exact) mass is 280 g/mol. The number of alkyl halides is 3. The van der Waals surface area contributed by atoms with E-state index in [9.17, 15) is 13.2 Å². The minimum absolute atomic E-state index is 0.0862. The van der Waals surface area contributed by atoms with Gasteiger partial charge in [-0.1, -0.05) is 13.8 Å². The molecule has 0 unspecified atom stereocenters. The van der Waals surface area contributed by atoms with Gasteiger partial charge in [-0.2, -0.15) is 13.2 Å². The fourth-order valence-electron chi connectivity index (χ4n) is 3.07. The zero-order chi connectivity index (χ0) is 14.5. The molecule has 19 heavy (non-hydrogen) atoms. The third-order valence-electron chi connectivity index (χ3n) is 4.41. The van der Waals surface area contributed by atoms with Gasteiger partial charge in [-0.3, -0.25) is 4.90 Å². The van der Waals surface area contributed by atoms with Crippen LogP contribution in [0.3, 0.4) is 0 Å². The highest BCUT2D eigenvalue weighted by Gasteiger charge is 2.39. The predicted molar refractivity (Wildman–Crippen MR) is 72.0 cm³/mol. The highest BCUT2D eigenvalue weighted by molar-refractivity contribution is 4.95. The molecule has 0 atom stereocenters. The molecule has 0 heterocycles. The van der Waals surface area contributed by atoms with Crippen molar-refractivity contribution in [3.8, 4) is 0 Å². The number of nitrogens with zero attached hydrogens (tertiary/aromatic N) is 1. The summed E-state index contributed by atoms with van der Waals surface area (Å²) < 4.78 is 37.4. The Labute approximate surface area is 114 Å². The SMILES string of the molecule is CCCN(CCC(F)(F)F)C1(CN)CCC(C)CC1. The maximum absolute atomic E-state index is 12.5. The number of halogens is 3. The number of rotatable bonds is 6. The molecule has 0 spiro atoms. The third-order valence-corrected chi connectivity index (χ3v) is 4.41. The largest absolute Gasteiger partial charge is 0.390 e. The Morgan fingerprint density at radius 2 is 1.79 bits per heavy atom. The number of hydrogen-bond donors (Lipinski definition) is 1. The fraction of sp³-hybridized carbons (Fsp3) is 1.00. The van der Waals surface area contributed by atoms with Crippen LogP contribution in [0.15, 0.2) is 0 Å². The summed E-state index contributed by atoms with van der Waals surface area (Å²) in [5, 5.41) is 0. The molecule has 5 heteroatoms. The van der Waals surface area contributed by atoms with Crippen LogP contribution < -0.4 is 5.73 Å². The minimum Gasteiger partial charge on any atom is -0.329 e. The maximum atomic E-state index is 12.5. The second-order valence-electron chi connectivity index (χ2n) is 5.96.